The minimum atomic E-state index is -5.28. The summed E-state index contributed by atoms with van der Waals surface area (Å²) in [7, 11) is -14.4. The number of aromatic nitrogens is 1. The Kier molecular flexibility index (Phi) is 19.1. The van der Waals surface area contributed by atoms with Crippen LogP contribution in [0.25, 0.3) is 0 Å². The SMILES string of the molecule is Nc1nc(N)c(N=Nc2ccc(S(=O)(=O)CCOSOO[O-])cc2S(=O)(=O)[O-])cc1N=Nc1ccccc1S(=O)(=O)[O-].[Na+].[Na+].[Na+]. The second-order valence-corrected chi connectivity index (χ2v) is 12.9. The number of rotatable bonds is 13. The molecule has 0 unspecified atom stereocenters. The zero-order chi connectivity index (χ0) is 31.1. The fourth-order valence-corrected chi connectivity index (χ4v) is 5.70. The number of nitrogens with zero attached hydrogens (tertiary/aromatic N) is 5. The number of pyridine rings is 1. The summed E-state index contributed by atoms with van der Waals surface area (Å²) in [6.07, 6.45) is 0. The summed E-state index contributed by atoms with van der Waals surface area (Å²) < 4.78 is 103. The average molecular weight is 732 g/mol. The van der Waals surface area contributed by atoms with Gasteiger partial charge in [0.1, 0.15) is 43.0 Å². The van der Waals surface area contributed by atoms with E-state index in [0.29, 0.717) is 6.07 Å². The van der Waals surface area contributed by atoms with Gasteiger partial charge >= 0.3 is 88.7 Å². The van der Waals surface area contributed by atoms with Gasteiger partial charge in [0.05, 0.1) is 27.0 Å². The van der Waals surface area contributed by atoms with Crippen LogP contribution in [0.1, 0.15) is 0 Å². The van der Waals surface area contributed by atoms with Gasteiger partial charge in [-0.05, 0) is 30.3 Å². The monoisotopic (exact) mass is 731 g/mol. The van der Waals surface area contributed by atoms with Gasteiger partial charge in [0.15, 0.2) is 33.8 Å². The molecule has 3 aromatic rings. The second kappa shape index (κ2) is 19.4. The normalized spacial score (nSPS) is 12.0. The van der Waals surface area contributed by atoms with Gasteiger partial charge in [0.25, 0.3) is 0 Å². The predicted octanol–water partition coefficient (Wildman–Crippen LogP) is -7.53. The van der Waals surface area contributed by atoms with Gasteiger partial charge in [0, 0.05) is 6.07 Å². The van der Waals surface area contributed by atoms with Crippen molar-refractivity contribution < 1.29 is 142 Å². The van der Waals surface area contributed by atoms with E-state index in [1.165, 1.54) is 18.2 Å². The van der Waals surface area contributed by atoms with Gasteiger partial charge in [0.2, 0.25) is 0 Å². The van der Waals surface area contributed by atoms with Crippen molar-refractivity contribution in [1.29, 1.82) is 0 Å². The molecule has 0 bridgehead atoms. The summed E-state index contributed by atoms with van der Waals surface area (Å²) >= 11 is 0.0649. The maximum absolute atomic E-state index is 12.5. The number of nitrogens with two attached hydrogens (primary N) is 2. The van der Waals surface area contributed by atoms with Crippen LogP contribution < -0.4 is 105 Å². The van der Waals surface area contributed by atoms with Crippen molar-refractivity contribution in [2.45, 2.75) is 14.7 Å². The summed E-state index contributed by atoms with van der Waals surface area (Å²) in [5.41, 5.74) is 10.2. The van der Waals surface area contributed by atoms with Crippen LogP contribution in [-0.2, 0) is 43.6 Å². The molecule has 19 nitrogen and oxygen atoms in total. The first-order valence-electron chi connectivity index (χ1n) is 10.7. The van der Waals surface area contributed by atoms with E-state index in [-0.39, 0.29) is 130 Å². The Labute approximate surface area is 327 Å². The molecule has 0 aliphatic rings. The Hall–Kier alpha value is -0.650. The summed E-state index contributed by atoms with van der Waals surface area (Å²) in [6, 6.07) is 8.44. The molecule has 0 amide bonds. The Balaban J connectivity index is 0.00000645. The van der Waals surface area contributed by atoms with Crippen molar-refractivity contribution in [1.82, 2.24) is 4.98 Å². The zero-order valence-corrected chi connectivity index (χ0v) is 32.7. The summed E-state index contributed by atoms with van der Waals surface area (Å²) in [6.45, 7) is -0.501. The fraction of sp³-hybridized carbons (Fsp3) is 0.105. The molecule has 45 heavy (non-hydrogen) atoms. The summed E-state index contributed by atoms with van der Waals surface area (Å²) in [4.78, 5) is 1.54. The van der Waals surface area contributed by atoms with Gasteiger partial charge in [-0.3, -0.25) is 9.22 Å². The Morgan fingerprint density at radius 2 is 1.24 bits per heavy atom. The average Bonchev–Trinajstić information content (AvgIpc) is 2.91. The number of anilines is 2. The van der Waals surface area contributed by atoms with E-state index < -0.39 is 62.8 Å². The molecule has 0 aliphatic carbocycles. The van der Waals surface area contributed by atoms with Gasteiger partial charge in [-0.15, -0.1) is 24.8 Å². The van der Waals surface area contributed by atoms with E-state index in [4.69, 9.17) is 11.5 Å². The van der Waals surface area contributed by atoms with E-state index in [9.17, 15) is 39.6 Å². The van der Waals surface area contributed by atoms with Crippen LogP contribution in [0.2, 0.25) is 0 Å². The smallest absolute Gasteiger partial charge is 0.744 e. The number of hydrogen-bond acceptors (Lipinski definition) is 20. The molecule has 0 fully saturated rings. The molecule has 226 valence electrons. The minimum Gasteiger partial charge on any atom is -0.744 e. The van der Waals surface area contributed by atoms with Crippen LogP contribution in [0.4, 0.5) is 34.4 Å². The topological polar surface area (TPSA) is 314 Å². The number of sulfone groups is 1. The van der Waals surface area contributed by atoms with Crippen molar-refractivity contribution in [3.63, 3.8) is 0 Å². The Bertz CT molecular complexity index is 1870. The van der Waals surface area contributed by atoms with Crippen molar-refractivity contribution >= 4 is 76.8 Å². The third kappa shape index (κ3) is 13.1. The van der Waals surface area contributed by atoms with Crippen molar-refractivity contribution in [3.05, 3.63) is 48.5 Å². The molecule has 0 atom stereocenters. The van der Waals surface area contributed by atoms with Gasteiger partial charge in [-0.25, -0.2) is 30.2 Å². The third-order valence-corrected chi connectivity index (χ3v) is 8.60. The molecule has 3 rings (SSSR count). The molecule has 26 heteroatoms. The molecule has 2 aromatic carbocycles. The molecule has 1 aromatic heterocycles. The molecule has 0 radical (unpaired) electrons. The molecule has 1 heterocycles. The van der Waals surface area contributed by atoms with Crippen LogP contribution in [0.5, 0.6) is 0 Å². The van der Waals surface area contributed by atoms with Crippen LogP contribution in [0.15, 0.2) is 83.7 Å². The molecular formula is C19H16N7Na3O12S4. The van der Waals surface area contributed by atoms with Gasteiger partial charge in [-0.2, -0.15) is 0 Å². The van der Waals surface area contributed by atoms with Gasteiger partial charge < -0.3 is 25.8 Å². The van der Waals surface area contributed by atoms with E-state index in [1.54, 1.807) is 0 Å². The zero-order valence-electron chi connectivity index (χ0n) is 23.5. The Morgan fingerprint density at radius 3 is 1.78 bits per heavy atom. The molecule has 0 spiro atoms. The van der Waals surface area contributed by atoms with Crippen LogP contribution >= 0.6 is 12.3 Å². The number of hydrogen-bond donors (Lipinski definition) is 2. The fourth-order valence-electron chi connectivity index (χ4n) is 2.95. The number of benzene rings is 2. The molecule has 4 N–H and O–H groups in total. The quantitative estimate of drug-likeness (QED) is 0.0314. The summed E-state index contributed by atoms with van der Waals surface area (Å²) in [5.74, 6) is -1.31. The van der Waals surface area contributed by atoms with Crippen molar-refractivity contribution in [2.75, 3.05) is 23.8 Å². The molecular weight excluding hydrogens is 715 g/mol. The second-order valence-electron chi connectivity index (χ2n) is 7.55. The van der Waals surface area contributed by atoms with Crippen molar-refractivity contribution in [3.8, 4) is 0 Å². The van der Waals surface area contributed by atoms with E-state index in [1.807, 2.05) is 0 Å². The first-order valence-corrected chi connectivity index (χ1v) is 15.8. The maximum Gasteiger partial charge on any atom is 1.00 e. The van der Waals surface area contributed by atoms with Crippen LogP contribution in [0.3, 0.4) is 0 Å². The first-order chi connectivity index (χ1) is 19.6. The van der Waals surface area contributed by atoms with Gasteiger partial charge in [-0.1, -0.05) is 12.1 Å². The van der Waals surface area contributed by atoms with E-state index in [0.717, 1.165) is 24.3 Å². The predicted molar refractivity (Wildman–Crippen MR) is 138 cm³/mol. The van der Waals surface area contributed by atoms with E-state index >= 15 is 0 Å². The van der Waals surface area contributed by atoms with E-state index in [2.05, 4.69) is 39.0 Å². The Morgan fingerprint density at radius 1 is 0.733 bits per heavy atom. The third-order valence-electron chi connectivity index (χ3n) is 4.80. The number of nitrogen functional groups attached to an aromatic ring is 2. The maximum atomic E-state index is 12.5. The standard InChI is InChI=1S/C19H19N7O12S4.3Na/c20-18-14(25-23-12-3-1-2-4-16(12)41(30,31)32)10-15(19(21)22-18)26-24-13-6-5-11(9-17(13)42(33,34)35)40(28,29)8-7-36-39-38-37-27;;;/h1-6,9-10,27H,7-8H2,(H4,20,21,22)(H,30,31,32)(H,33,34,35);;;/q;3*+1/p-3. The first kappa shape index (κ1) is 44.4. The minimum absolute atomic E-state index is 0. The largest absolute Gasteiger partial charge is 1.00 e. The van der Waals surface area contributed by atoms with Crippen LogP contribution in [-0.4, -0.2) is 51.7 Å². The number of azo groups is 2. The molecule has 0 aliphatic heterocycles. The van der Waals surface area contributed by atoms with Crippen LogP contribution in [0, 0.1) is 0 Å². The summed E-state index contributed by atoms with van der Waals surface area (Å²) in [5, 5.41) is 27.6. The van der Waals surface area contributed by atoms with Crippen molar-refractivity contribution in [2.24, 2.45) is 20.5 Å². The molecule has 0 saturated carbocycles. The molecule has 0 saturated heterocycles.